The maximum atomic E-state index is 6.24. The van der Waals surface area contributed by atoms with Gasteiger partial charge in [-0.3, -0.25) is 4.90 Å². The molecule has 82 valence electrons. The SMILES string of the molecule is CN1CCN(CC2(N)CCOC2)CC1. The molecule has 0 aliphatic carbocycles. The van der Waals surface area contributed by atoms with Crippen LogP contribution in [0.5, 0.6) is 0 Å². The molecule has 2 rings (SSSR count). The summed E-state index contributed by atoms with van der Waals surface area (Å²) in [5, 5.41) is 0. The van der Waals surface area contributed by atoms with E-state index in [1.807, 2.05) is 0 Å². The molecular formula is C10H21N3O. The second-order valence-electron chi connectivity index (χ2n) is 4.74. The van der Waals surface area contributed by atoms with Crippen LogP contribution < -0.4 is 5.73 Å². The molecule has 2 saturated heterocycles. The number of nitrogens with zero attached hydrogens (tertiary/aromatic N) is 2. The quantitative estimate of drug-likeness (QED) is 0.642. The summed E-state index contributed by atoms with van der Waals surface area (Å²) in [5.41, 5.74) is 6.17. The lowest BCUT2D eigenvalue weighted by Gasteiger charge is -2.36. The molecule has 4 nitrogen and oxygen atoms in total. The van der Waals surface area contributed by atoms with Crippen molar-refractivity contribution in [2.45, 2.75) is 12.0 Å². The van der Waals surface area contributed by atoms with E-state index < -0.39 is 0 Å². The van der Waals surface area contributed by atoms with Crippen molar-refractivity contribution in [3.8, 4) is 0 Å². The van der Waals surface area contributed by atoms with Crippen LogP contribution >= 0.6 is 0 Å². The Morgan fingerprint density at radius 1 is 1.29 bits per heavy atom. The first-order chi connectivity index (χ1) is 6.68. The normalized spacial score (nSPS) is 36.4. The Kier molecular flexibility index (Phi) is 3.07. The van der Waals surface area contributed by atoms with Gasteiger partial charge in [0, 0.05) is 39.3 Å². The first-order valence-electron chi connectivity index (χ1n) is 5.46. The Hall–Kier alpha value is -0.160. The number of piperazine rings is 1. The van der Waals surface area contributed by atoms with Gasteiger partial charge in [-0.2, -0.15) is 0 Å². The number of rotatable bonds is 2. The summed E-state index contributed by atoms with van der Waals surface area (Å²) in [6.45, 7) is 7.20. The van der Waals surface area contributed by atoms with E-state index >= 15 is 0 Å². The van der Waals surface area contributed by atoms with Gasteiger partial charge in [-0.25, -0.2) is 0 Å². The van der Waals surface area contributed by atoms with Gasteiger partial charge in [0.05, 0.1) is 12.1 Å². The summed E-state index contributed by atoms with van der Waals surface area (Å²) in [7, 11) is 2.17. The highest BCUT2D eigenvalue weighted by Gasteiger charge is 2.32. The van der Waals surface area contributed by atoms with E-state index in [9.17, 15) is 0 Å². The molecule has 0 bridgehead atoms. The number of likely N-dealkylation sites (N-methyl/N-ethyl adjacent to an activating group) is 1. The van der Waals surface area contributed by atoms with Gasteiger partial charge in [0.25, 0.3) is 0 Å². The topological polar surface area (TPSA) is 41.7 Å². The molecule has 1 atom stereocenters. The Bertz CT molecular complexity index is 184. The molecule has 0 aromatic rings. The highest BCUT2D eigenvalue weighted by atomic mass is 16.5. The van der Waals surface area contributed by atoms with Gasteiger partial charge in [-0.1, -0.05) is 0 Å². The second kappa shape index (κ2) is 4.14. The zero-order chi connectivity index (χ0) is 10.0. The fourth-order valence-corrected chi connectivity index (χ4v) is 2.20. The highest BCUT2D eigenvalue weighted by Crippen LogP contribution is 2.17. The van der Waals surface area contributed by atoms with Crippen LogP contribution in [0.3, 0.4) is 0 Å². The molecule has 2 N–H and O–H groups in total. The van der Waals surface area contributed by atoms with E-state index in [1.54, 1.807) is 0 Å². The van der Waals surface area contributed by atoms with Gasteiger partial charge in [-0.15, -0.1) is 0 Å². The van der Waals surface area contributed by atoms with Gasteiger partial charge in [0.2, 0.25) is 0 Å². The molecule has 0 amide bonds. The summed E-state index contributed by atoms with van der Waals surface area (Å²) in [6.07, 6.45) is 1.01. The predicted molar refractivity (Wildman–Crippen MR) is 56.3 cm³/mol. The van der Waals surface area contributed by atoms with Crippen LogP contribution in [0.25, 0.3) is 0 Å². The van der Waals surface area contributed by atoms with Crippen molar-refractivity contribution < 1.29 is 4.74 Å². The number of hydrogen-bond donors (Lipinski definition) is 1. The van der Waals surface area contributed by atoms with E-state index in [1.165, 1.54) is 0 Å². The summed E-state index contributed by atoms with van der Waals surface area (Å²) in [4.78, 5) is 4.83. The zero-order valence-electron chi connectivity index (χ0n) is 9.04. The van der Waals surface area contributed by atoms with Crippen molar-refractivity contribution in [2.75, 3.05) is 53.0 Å². The van der Waals surface area contributed by atoms with E-state index in [4.69, 9.17) is 10.5 Å². The standard InChI is InChI=1S/C10H21N3O/c1-12-3-5-13(6-4-12)8-10(11)2-7-14-9-10/h2-9,11H2,1H3. The average molecular weight is 199 g/mol. The first kappa shape index (κ1) is 10.4. The van der Waals surface area contributed by atoms with Crippen LogP contribution in [0.15, 0.2) is 0 Å². The minimum Gasteiger partial charge on any atom is -0.379 e. The van der Waals surface area contributed by atoms with Crippen LogP contribution in [0, 0.1) is 0 Å². The van der Waals surface area contributed by atoms with E-state index in [2.05, 4.69) is 16.8 Å². The fraction of sp³-hybridized carbons (Fsp3) is 1.00. The Balaban J connectivity index is 1.79. The molecule has 14 heavy (non-hydrogen) atoms. The zero-order valence-corrected chi connectivity index (χ0v) is 9.04. The summed E-state index contributed by atoms with van der Waals surface area (Å²) < 4.78 is 5.36. The Labute approximate surface area is 86.0 Å². The summed E-state index contributed by atoms with van der Waals surface area (Å²) in [6, 6.07) is 0. The van der Waals surface area contributed by atoms with Crippen molar-refractivity contribution in [3.63, 3.8) is 0 Å². The fourth-order valence-electron chi connectivity index (χ4n) is 2.20. The third-order valence-corrected chi connectivity index (χ3v) is 3.27. The molecule has 2 heterocycles. The lowest BCUT2D eigenvalue weighted by molar-refractivity contribution is 0.114. The Morgan fingerprint density at radius 3 is 2.57 bits per heavy atom. The Morgan fingerprint density at radius 2 is 2.00 bits per heavy atom. The van der Waals surface area contributed by atoms with Gasteiger partial charge in [0.15, 0.2) is 0 Å². The second-order valence-corrected chi connectivity index (χ2v) is 4.74. The van der Waals surface area contributed by atoms with Crippen LogP contribution in [0.1, 0.15) is 6.42 Å². The summed E-state index contributed by atoms with van der Waals surface area (Å²) >= 11 is 0. The molecular weight excluding hydrogens is 178 g/mol. The molecule has 1 unspecified atom stereocenters. The van der Waals surface area contributed by atoms with E-state index in [-0.39, 0.29) is 5.54 Å². The van der Waals surface area contributed by atoms with Crippen molar-refractivity contribution in [1.29, 1.82) is 0 Å². The lowest BCUT2D eigenvalue weighted by Crippen LogP contribution is -2.55. The molecule has 0 aromatic carbocycles. The number of hydrogen-bond acceptors (Lipinski definition) is 4. The van der Waals surface area contributed by atoms with Crippen LogP contribution in [-0.4, -0.2) is 68.3 Å². The summed E-state index contributed by atoms with van der Waals surface area (Å²) in [5.74, 6) is 0. The molecule has 4 heteroatoms. The molecule has 2 fully saturated rings. The van der Waals surface area contributed by atoms with Crippen molar-refractivity contribution >= 4 is 0 Å². The van der Waals surface area contributed by atoms with E-state index in [0.717, 1.165) is 52.4 Å². The molecule has 2 aliphatic heterocycles. The maximum Gasteiger partial charge on any atom is 0.0659 e. The van der Waals surface area contributed by atoms with Gasteiger partial charge < -0.3 is 15.4 Å². The highest BCUT2D eigenvalue weighted by molar-refractivity contribution is 4.91. The van der Waals surface area contributed by atoms with Crippen LogP contribution in [-0.2, 0) is 4.74 Å². The number of nitrogens with two attached hydrogens (primary N) is 1. The largest absolute Gasteiger partial charge is 0.379 e. The minimum atomic E-state index is -0.0735. The van der Waals surface area contributed by atoms with Crippen LogP contribution in [0.2, 0.25) is 0 Å². The van der Waals surface area contributed by atoms with Gasteiger partial charge in [-0.05, 0) is 13.5 Å². The third kappa shape index (κ3) is 2.45. The van der Waals surface area contributed by atoms with Crippen molar-refractivity contribution in [3.05, 3.63) is 0 Å². The van der Waals surface area contributed by atoms with Gasteiger partial charge in [0.1, 0.15) is 0 Å². The molecule has 2 aliphatic rings. The van der Waals surface area contributed by atoms with E-state index in [0.29, 0.717) is 0 Å². The molecule has 0 radical (unpaired) electrons. The van der Waals surface area contributed by atoms with Crippen LogP contribution in [0.4, 0.5) is 0 Å². The average Bonchev–Trinajstić information content (AvgIpc) is 2.57. The van der Waals surface area contributed by atoms with Crippen molar-refractivity contribution in [1.82, 2.24) is 9.80 Å². The monoisotopic (exact) mass is 199 g/mol. The van der Waals surface area contributed by atoms with Crippen molar-refractivity contribution in [2.24, 2.45) is 5.73 Å². The molecule has 0 aromatic heterocycles. The third-order valence-electron chi connectivity index (χ3n) is 3.27. The lowest BCUT2D eigenvalue weighted by atomic mass is 9.99. The maximum absolute atomic E-state index is 6.24. The first-order valence-corrected chi connectivity index (χ1v) is 5.46. The predicted octanol–water partition coefficient (Wildman–Crippen LogP) is -0.648. The minimum absolute atomic E-state index is 0.0735. The number of ether oxygens (including phenoxy) is 1. The van der Waals surface area contributed by atoms with Gasteiger partial charge >= 0.3 is 0 Å². The molecule has 0 saturated carbocycles. The smallest absolute Gasteiger partial charge is 0.0659 e. The molecule has 0 spiro atoms.